The van der Waals surface area contributed by atoms with Crippen molar-refractivity contribution in [3.05, 3.63) is 60.3 Å². The molecule has 4 nitrogen and oxygen atoms in total. The van der Waals surface area contributed by atoms with Gasteiger partial charge in [0.1, 0.15) is 0 Å². The molecule has 1 heterocycles. The molecule has 0 unspecified atom stereocenters. The Morgan fingerprint density at radius 3 is 2.72 bits per heavy atom. The molecule has 0 saturated heterocycles. The first kappa shape index (κ1) is 10.5. The number of anilines is 1. The van der Waals surface area contributed by atoms with Gasteiger partial charge in [-0.1, -0.05) is 24.3 Å². The molecule has 0 atom stereocenters. The molecule has 1 amide bonds. The maximum Gasteiger partial charge on any atom is 0.256 e. The summed E-state index contributed by atoms with van der Waals surface area (Å²) >= 11 is 0. The fraction of sp³-hybridized carbons (Fsp3) is 0. The smallest absolute Gasteiger partial charge is 0.256 e. The summed E-state index contributed by atoms with van der Waals surface area (Å²) in [5.74, 6) is -0.131. The fourth-order valence-corrected chi connectivity index (χ4v) is 1.89. The van der Waals surface area contributed by atoms with E-state index in [9.17, 15) is 4.79 Å². The van der Waals surface area contributed by atoms with Crippen LogP contribution in [0.25, 0.3) is 10.9 Å². The number of carbonyl (C=O) groups is 1. The molecule has 88 valence electrons. The van der Waals surface area contributed by atoms with Gasteiger partial charge in [0, 0.05) is 11.1 Å². The molecule has 0 aliphatic carbocycles. The molecular weight excluding hydrogens is 226 g/mol. The van der Waals surface area contributed by atoms with Crippen LogP contribution >= 0.6 is 0 Å². The summed E-state index contributed by atoms with van der Waals surface area (Å²) in [5.41, 5.74) is 2.25. The first-order chi connectivity index (χ1) is 8.84. The summed E-state index contributed by atoms with van der Waals surface area (Å²) in [6, 6.07) is 14.9. The number of aromatic nitrogens is 2. The van der Waals surface area contributed by atoms with Crippen molar-refractivity contribution >= 4 is 22.5 Å². The van der Waals surface area contributed by atoms with E-state index in [-0.39, 0.29) is 5.91 Å². The Labute approximate surface area is 104 Å². The maximum atomic E-state index is 12.2. The molecule has 0 saturated carbocycles. The molecular formula is C14H11N3O. The zero-order valence-electron chi connectivity index (χ0n) is 9.55. The number of benzene rings is 2. The van der Waals surface area contributed by atoms with Crippen LogP contribution < -0.4 is 5.32 Å². The van der Waals surface area contributed by atoms with E-state index >= 15 is 0 Å². The highest BCUT2D eigenvalue weighted by atomic mass is 16.1. The summed E-state index contributed by atoms with van der Waals surface area (Å²) in [7, 11) is 0. The maximum absolute atomic E-state index is 12.2. The third kappa shape index (κ3) is 1.84. The molecule has 2 aromatic carbocycles. The number of fused-ring (bicyclic) bond motifs is 1. The van der Waals surface area contributed by atoms with Crippen LogP contribution in [0.1, 0.15) is 10.4 Å². The van der Waals surface area contributed by atoms with Gasteiger partial charge in [-0.05, 0) is 24.3 Å². The van der Waals surface area contributed by atoms with Crippen LogP contribution in [0, 0.1) is 0 Å². The highest BCUT2D eigenvalue weighted by molar-refractivity contribution is 6.12. The fourth-order valence-electron chi connectivity index (χ4n) is 1.89. The van der Waals surface area contributed by atoms with E-state index < -0.39 is 0 Å². The summed E-state index contributed by atoms with van der Waals surface area (Å²) in [6.07, 6.45) is 1.66. The van der Waals surface area contributed by atoms with Crippen molar-refractivity contribution in [2.24, 2.45) is 0 Å². The van der Waals surface area contributed by atoms with Crippen LogP contribution in [-0.2, 0) is 0 Å². The SMILES string of the molecule is O=C(Nc1ccccc1)c1cccc2[nH]ncc12. The Kier molecular flexibility index (Phi) is 2.53. The number of hydrogen-bond donors (Lipinski definition) is 2. The molecule has 0 spiro atoms. The van der Waals surface area contributed by atoms with E-state index in [0.29, 0.717) is 5.56 Å². The predicted molar refractivity (Wildman–Crippen MR) is 70.5 cm³/mol. The number of hydrogen-bond acceptors (Lipinski definition) is 2. The molecule has 4 heteroatoms. The summed E-state index contributed by atoms with van der Waals surface area (Å²) in [5, 5.41) is 10.5. The molecule has 2 N–H and O–H groups in total. The summed E-state index contributed by atoms with van der Waals surface area (Å²) < 4.78 is 0. The highest BCUT2D eigenvalue weighted by Gasteiger charge is 2.10. The second kappa shape index (κ2) is 4.33. The van der Waals surface area contributed by atoms with Gasteiger partial charge in [-0.2, -0.15) is 5.10 Å². The molecule has 0 radical (unpaired) electrons. The Hall–Kier alpha value is -2.62. The molecule has 3 aromatic rings. The van der Waals surface area contributed by atoms with Gasteiger partial charge >= 0.3 is 0 Å². The normalized spacial score (nSPS) is 10.4. The average Bonchev–Trinajstić information content (AvgIpc) is 2.87. The van der Waals surface area contributed by atoms with Gasteiger partial charge in [-0.15, -0.1) is 0 Å². The van der Waals surface area contributed by atoms with Crippen LogP contribution in [0.4, 0.5) is 5.69 Å². The van der Waals surface area contributed by atoms with E-state index in [1.165, 1.54) is 0 Å². The van der Waals surface area contributed by atoms with Crippen LogP contribution in [0.5, 0.6) is 0 Å². The Balaban J connectivity index is 1.95. The Morgan fingerprint density at radius 1 is 1.06 bits per heavy atom. The zero-order chi connectivity index (χ0) is 12.4. The van der Waals surface area contributed by atoms with Crippen molar-refractivity contribution in [2.75, 3.05) is 5.32 Å². The second-order valence-electron chi connectivity index (χ2n) is 3.96. The third-order valence-electron chi connectivity index (χ3n) is 2.76. The first-order valence-electron chi connectivity index (χ1n) is 5.63. The van der Waals surface area contributed by atoms with Crippen molar-refractivity contribution in [3.63, 3.8) is 0 Å². The molecule has 0 fully saturated rings. The molecule has 18 heavy (non-hydrogen) atoms. The van der Waals surface area contributed by atoms with E-state index in [1.54, 1.807) is 12.3 Å². The van der Waals surface area contributed by atoms with Gasteiger partial charge in [0.2, 0.25) is 0 Å². The van der Waals surface area contributed by atoms with Gasteiger partial charge in [-0.25, -0.2) is 0 Å². The lowest BCUT2D eigenvalue weighted by molar-refractivity contribution is 0.102. The van der Waals surface area contributed by atoms with E-state index in [0.717, 1.165) is 16.6 Å². The van der Waals surface area contributed by atoms with Crippen molar-refractivity contribution < 1.29 is 4.79 Å². The van der Waals surface area contributed by atoms with Crippen LogP contribution in [0.15, 0.2) is 54.7 Å². The number of nitrogens with one attached hydrogen (secondary N) is 2. The number of nitrogens with zero attached hydrogens (tertiary/aromatic N) is 1. The minimum absolute atomic E-state index is 0.131. The minimum atomic E-state index is -0.131. The van der Waals surface area contributed by atoms with Crippen molar-refractivity contribution in [1.29, 1.82) is 0 Å². The molecule has 0 aliphatic heterocycles. The van der Waals surface area contributed by atoms with Crippen molar-refractivity contribution in [2.45, 2.75) is 0 Å². The number of aromatic amines is 1. The largest absolute Gasteiger partial charge is 0.322 e. The number of rotatable bonds is 2. The Bertz CT molecular complexity index is 688. The standard InChI is InChI=1S/C14H11N3O/c18-14(16-10-5-2-1-3-6-10)11-7-4-8-13-12(11)9-15-17-13/h1-9H,(H,15,17)(H,16,18). The van der Waals surface area contributed by atoms with E-state index in [4.69, 9.17) is 0 Å². The lowest BCUT2D eigenvalue weighted by atomic mass is 10.1. The predicted octanol–water partition coefficient (Wildman–Crippen LogP) is 2.82. The average molecular weight is 237 g/mol. The molecule has 0 aliphatic rings. The van der Waals surface area contributed by atoms with Gasteiger partial charge in [0.05, 0.1) is 17.3 Å². The monoisotopic (exact) mass is 237 g/mol. The van der Waals surface area contributed by atoms with Crippen molar-refractivity contribution in [3.8, 4) is 0 Å². The third-order valence-corrected chi connectivity index (χ3v) is 2.76. The van der Waals surface area contributed by atoms with Gasteiger partial charge < -0.3 is 5.32 Å². The summed E-state index contributed by atoms with van der Waals surface area (Å²) in [4.78, 5) is 12.2. The molecule has 3 rings (SSSR count). The van der Waals surface area contributed by atoms with Gasteiger partial charge in [0.25, 0.3) is 5.91 Å². The van der Waals surface area contributed by atoms with Crippen LogP contribution in [0.2, 0.25) is 0 Å². The topological polar surface area (TPSA) is 57.8 Å². The molecule has 1 aromatic heterocycles. The van der Waals surface area contributed by atoms with Crippen LogP contribution in [0.3, 0.4) is 0 Å². The van der Waals surface area contributed by atoms with E-state index in [1.807, 2.05) is 42.5 Å². The highest BCUT2D eigenvalue weighted by Crippen LogP contribution is 2.17. The number of para-hydroxylation sites is 1. The first-order valence-corrected chi connectivity index (χ1v) is 5.63. The lowest BCUT2D eigenvalue weighted by Gasteiger charge is -2.05. The second-order valence-corrected chi connectivity index (χ2v) is 3.96. The minimum Gasteiger partial charge on any atom is -0.322 e. The van der Waals surface area contributed by atoms with Crippen molar-refractivity contribution in [1.82, 2.24) is 10.2 Å². The number of H-pyrrole nitrogens is 1. The van der Waals surface area contributed by atoms with Gasteiger partial charge in [0.15, 0.2) is 0 Å². The Morgan fingerprint density at radius 2 is 1.89 bits per heavy atom. The zero-order valence-corrected chi connectivity index (χ0v) is 9.55. The van der Waals surface area contributed by atoms with Gasteiger partial charge in [-0.3, -0.25) is 9.89 Å². The number of amides is 1. The van der Waals surface area contributed by atoms with Crippen LogP contribution in [-0.4, -0.2) is 16.1 Å². The summed E-state index contributed by atoms with van der Waals surface area (Å²) in [6.45, 7) is 0. The molecule has 0 bridgehead atoms. The number of carbonyl (C=O) groups excluding carboxylic acids is 1. The lowest BCUT2D eigenvalue weighted by Crippen LogP contribution is -2.11. The van der Waals surface area contributed by atoms with E-state index in [2.05, 4.69) is 15.5 Å². The quantitative estimate of drug-likeness (QED) is 0.720.